The van der Waals surface area contributed by atoms with E-state index in [1.54, 1.807) is 12.3 Å². The van der Waals surface area contributed by atoms with Crippen LogP contribution in [0.1, 0.15) is 12.6 Å². The maximum Gasteiger partial charge on any atom is 0.312 e. The van der Waals surface area contributed by atoms with Gasteiger partial charge < -0.3 is 20.2 Å². The molecule has 1 aromatic heterocycles. The molecule has 0 aliphatic carbocycles. The second kappa shape index (κ2) is 6.59. The Labute approximate surface area is 150 Å². The third-order valence-corrected chi connectivity index (χ3v) is 6.21. The van der Waals surface area contributed by atoms with Crippen molar-refractivity contribution in [2.75, 3.05) is 19.4 Å². The summed E-state index contributed by atoms with van der Waals surface area (Å²) >= 11 is 2.40. The summed E-state index contributed by atoms with van der Waals surface area (Å²) in [6.45, 7) is 1.73. The number of carbonyl (C=O) groups is 3. The quantitative estimate of drug-likeness (QED) is 0.389. The van der Waals surface area contributed by atoms with Gasteiger partial charge in [-0.25, -0.2) is 0 Å². The van der Waals surface area contributed by atoms with E-state index >= 15 is 0 Å². The number of carboxylic acids is 1. The molecule has 134 valence electrons. The summed E-state index contributed by atoms with van der Waals surface area (Å²) in [4.78, 5) is 42.2. The maximum absolute atomic E-state index is 12.4. The molecule has 3 heterocycles. The van der Waals surface area contributed by atoms with Crippen LogP contribution in [-0.4, -0.2) is 73.9 Å². The topological polar surface area (TPSA) is 134 Å². The summed E-state index contributed by atoms with van der Waals surface area (Å²) in [5, 5.41) is 20.6. The van der Waals surface area contributed by atoms with Crippen molar-refractivity contribution in [3.63, 3.8) is 0 Å². The number of hydrogen-bond donors (Lipinski definition) is 2. The number of β-lactam (4-membered cyclic amide) rings is 1. The van der Waals surface area contributed by atoms with Gasteiger partial charge in [-0.05, 0) is 18.5 Å². The van der Waals surface area contributed by atoms with Gasteiger partial charge in [0.1, 0.15) is 24.2 Å². The summed E-state index contributed by atoms with van der Waals surface area (Å²) in [5.74, 6) is -1.49. The number of hydrogen-bond acceptors (Lipinski definition) is 9. The number of carboxylic acid groups (broad SMARTS) is 1. The minimum absolute atomic E-state index is 0.0707. The molecule has 0 aromatic carbocycles. The van der Waals surface area contributed by atoms with Crippen molar-refractivity contribution in [2.24, 2.45) is 10.6 Å². The number of aliphatic carboxylic acids is 1. The van der Waals surface area contributed by atoms with Crippen LogP contribution < -0.4 is 5.32 Å². The lowest BCUT2D eigenvalue weighted by atomic mass is 9.89. The highest BCUT2D eigenvalue weighted by molar-refractivity contribution is 8.00. The van der Waals surface area contributed by atoms with Gasteiger partial charge in [-0.1, -0.05) is 9.64 Å². The molecule has 0 bridgehead atoms. The minimum Gasteiger partial charge on any atom is -0.481 e. The van der Waals surface area contributed by atoms with Crippen LogP contribution in [-0.2, 0) is 19.2 Å². The van der Waals surface area contributed by atoms with Crippen LogP contribution in [0.5, 0.6) is 0 Å². The van der Waals surface area contributed by atoms with Crippen molar-refractivity contribution in [1.29, 1.82) is 0 Å². The van der Waals surface area contributed by atoms with E-state index in [1.807, 2.05) is 0 Å². The molecule has 1 aromatic rings. The van der Waals surface area contributed by atoms with E-state index in [-0.39, 0.29) is 29.2 Å². The number of nitrogens with zero attached hydrogens (tertiary/aromatic N) is 4. The maximum atomic E-state index is 12.4. The second-order valence-electron chi connectivity index (χ2n) is 5.90. The zero-order chi connectivity index (χ0) is 18.2. The molecule has 3 atom stereocenters. The molecule has 2 fully saturated rings. The molecule has 0 spiro atoms. The number of rotatable bonds is 5. The van der Waals surface area contributed by atoms with Gasteiger partial charge in [0.05, 0.1) is 5.41 Å². The number of nitrogens with one attached hydrogen (secondary N) is 1. The first kappa shape index (κ1) is 17.6. The molecule has 12 heteroatoms. The molecule has 2 amide bonds. The normalized spacial score (nSPS) is 28.8. The Hall–Kier alpha value is -2.21. The zero-order valence-electron chi connectivity index (χ0n) is 13.3. The lowest BCUT2D eigenvalue weighted by Gasteiger charge is -2.53. The lowest BCUT2D eigenvalue weighted by molar-refractivity contribution is -0.157. The molecule has 0 saturated carbocycles. The Bertz CT molecular complexity index is 739. The summed E-state index contributed by atoms with van der Waals surface area (Å²) in [5.41, 5.74) is -0.804. The van der Waals surface area contributed by atoms with Crippen LogP contribution in [0.3, 0.4) is 0 Å². The van der Waals surface area contributed by atoms with Crippen LogP contribution in [0.15, 0.2) is 10.5 Å². The highest BCUT2D eigenvalue weighted by Gasteiger charge is 2.56. The Balaban J connectivity index is 1.69. The fourth-order valence-corrected chi connectivity index (χ4v) is 4.53. The third-order valence-electron chi connectivity index (χ3n) is 4.04. The standard InChI is InChI=1S/C13H15N5O5S2/c1-13(12(21)22)4-18-10(20)8(11(18)24-5-13)14-9(19)7(16-23-2)6-3-25-17-15-6/h3,8,11H,4-5H2,1-2H3,(H,14,19)(H,21,22)/t8?,11-,13?/m1/s1. The van der Waals surface area contributed by atoms with Crippen LogP contribution >= 0.6 is 23.3 Å². The highest BCUT2D eigenvalue weighted by atomic mass is 32.2. The average molecular weight is 385 g/mol. The smallest absolute Gasteiger partial charge is 0.312 e. The molecule has 3 rings (SSSR count). The van der Waals surface area contributed by atoms with Crippen LogP contribution in [0.4, 0.5) is 0 Å². The molecule has 10 nitrogen and oxygen atoms in total. The first-order valence-corrected chi connectivity index (χ1v) is 9.11. The van der Waals surface area contributed by atoms with Crippen LogP contribution in [0, 0.1) is 5.41 Å². The lowest BCUT2D eigenvalue weighted by Crippen LogP contribution is -2.73. The zero-order valence-corrected chi connectivity index (χ0v) is 15.0. The van der Waals surface area contributed by atoms with E-state index in [0.717, 1.165) is 11.5 Å². The molecule has 2 unspecified atom stereocenters. The number of carbonyl (C=O) groups excluding carboxylic acids is 2. The Morgan fingerprint density at radius 2 is 2.32 bits per heavy atom. The molecule has 2 aliphatic heterocycles. The van der Waals surface area contributed by atoms with Gasteiger partial charge in [-0.15, -0.1) is 16.9 Å². The number of oxime groups is 1. The first-order chi connectivity index (χ1) is 11.9. The Kier molecular flexibility index (Phi) is 4.64. The summed E-state index contributed by atoms with van der Waals surface area (Å²) in [7, 11) is 1.30. The summed E-state index contributed by atoms with van der Waals surface area (Å²) < 4.78 is 3.67. The van der Waals surface area contributed by atoms with Gasteiger partial charge >= 0.3 is 5.97 Å². The summed E-state index contributed by atoms with van der Waals surface area (Å²) in [6, 6.07) is -0.732. The largest absolute Gasteiger partial charge is 0.481 e. The Morgan fingerprint density at radius 3 is 2.92 bits per heavy atom. The molecule has 2 saturated heterocycles. The van der Waals surface area contributed by atoms with Crippen LogP contribution in [0.2, 0.25) is 0 Å². The molecule has 2 N–H and O–H groups in total. The van der Waals surface area contributed by atoms with Gasteiger partial charge in [0.25, 0.3) is 5.91 Å². The van der Waals surface area contributed by atoms with Crippen molar-refractivity contribution in [3.8, 4) is 0 Å². The third kappa shape index (κ3) is 3.06. The van der Waals surface area contributed by atoms with E-state index in [9.17, 15) is 19.5 Å². The SMILES string of the molecule is CON=C(C(=O)NC1C(=O)N2CC(C)(C(=O)O)CS[C@H]12)c1csnn1. The molecule has 25 heavy (non-hydrogen) atoms. The predicted molar refractivity (Wildman–Crippen MR) is 89.1 cm³/mol. The van der Waals surface area contributed by atoms with E-state index in [0.29, 0.717) is 5.75 Å². The molecular formula is C13H15N5O5S2. The molecule has 0 radical (unpaired) electrons. The van der Waals surface area contributed by atoms with Gasteiger partial charge in [-0.2, -0.15) is 0 Å². The number of aromatic nitrogens is 2. The van der Waals surface area contributed by atoms with E-state index in [4.69, 9.17) is 0 Å². The van der Waals surface area contributed by atoms with E-state index < -0.39 is 23.3 Å². The minimum atomic E-state index is -0.985. The van der Waals surface area contributed by atoms with Crippen molar-refractivity contribution in [1.82, 2.24) is 19.8 Å². The van der Waals surface area contributed by atoms with Crippen LogP contribution in [0.25, 0.3) is 0 Å². The average Bonchev–Trinajstić information content (AvgIpc) is 3.11. The fourth-order valence-electron chi connectivity index (χ4n) is 2.60. The van der Waals surface area contributed by atoms with Gasteiger partial charge in [-0.3, -0.25) is 14.4 Å². The van der Waals surface area contributed by atoms with Crippen molar-refractivity contribution < 1.29 is 24.3 Å². The van der Waals surface area contributed by atoms with Gasteiger partial charge in [0.2, 0.25) is 5.91 Å². The van der Waals surface area contributed by atoms with Crippen molar-refractivity contribution >= 4 is 46.8 Å². The van der Waals surface area contributed by atoms with Gasteiger partial charge in [0.15, 0.2) is 5.71 Å². The number of thioether (sulfide) groups is 1. The predicted octanol–water partition coefficient (Wildman–Crippen LogP) is -0.621. The number of amides is 2. The molecular weight excluding hydrogens is 370 g/mol. The number of fused-ring (bicyclic) bond motifs is 1. The van der Waals surface area contributed by atoms with E-state index in [2.05, 4.69) is 24.9 Å². The first-order valence-electron chi connectivity index (χ1n) is 7.22. The monoisotopic (exact) mass is 385 g/mol. The summed E-state index contributed by atoms with van der Waals surface area (Å²) in [6.07, 6.45) is 0. The highest BCUT2D eigenvalue weighted by Crippen LogP contribution is 2.41. The van der Waals surface area contributed by atoms with Gasteiger partial charge in [0, 0.05) is 17.7 Å². The molecule has 2 aliphatic rings. The van der Waals surface area contributed by atoms with Crippen molar-refractivity contribution in [3.05, 3.63) is 11.1 Å². The Morgan fingerprint density at radius 1 is 1.56 bits per heavy atom. The second-order valence-corrected chi connectivity index (χ2v) is 7.61. The van der Waals surface area contributed by atoms with Crippen molar-refractivity contribution in [2.45, 2.75) is 18.3 Å². The van der Waals surface area contributed by atoms with E-state index in [1.165, 1.54) is 23.8 Å². The fraction of sp³-hybridized carbons (Fsp3) is 0.538.